The quantitative estimate of drug-likeness (QED) is 0.0723. The van der Waals surface area contributed by atoms with Crippen molar-refractivity contribution < 1.29 is 32.1 Å². The second-order valence-corrected chi connectivity index (χ2v) is 16.1. The minimum absolute atomic E-state index is 0.0325. The fourth-order valence-electron chi connectivity index (χ4n) is 8.45. The fraction of sp³-hybridized carbons (Fsp3) is 0.378. The zero-order chi connectivity index (χ0) is 35.8. The Hall–Kier alpha value is -4.01. The van der Waals surface area contributed by atoms with Gasteiger partial charge in [0.15, 0.2) is 0 Å². The lowest BCUT2D eigenvalue weighted by Gasteiger charge is -2.32. The Labute approximate surface area is 302 Å². The van der Waals surface area contributed by atoms with Gasteiger partial charge in [-0.3, -0.25) is 0 Å². The van der Waals surface area contributed by atoms with E-state index in [1.807, 2.05) is 6.07 Å². The van der Waals surface area contributed by atoms with E-state index < -0.39 is 18.0 Å². The highest BCUT2D eigenvalue weighted by Crippen LogP contribution is 2.54. The number of ether oxygens (including phenoxy) is 4. The minimum atomic E-state index is -4.30. The van der Waals surface area contributed by atoms with Crippen LogP contribution in [0.3, 0.4) is 0 Å². The Morgan fingerprint density at radius 3 is 2.08 bits per heavy atom. The number of benzene rings is 6. The van der Waals surface area contributed by atoms with Gasteiger partial charge in [-0.15, -0.1) is 0 Å². The molecule has 2 heterocycles. The van der Waals surface area contributed by atoms with E-state index in [4.69, 9.17) is 18.9 Å². The van der Waals surface area contributed by atoms with Crippen molar-refractivity contribution in [2.75, 3.05) is 39.6 Å². The third kappa shape index (κ3) is 6.26. The van der Waals surface area contributed by atoms with Crippen LogP contribution >= 0.6 is 0 Å². The number of halogens is 3. The first-order chi connectivity index (χ1) is 25.0. The van der Waals surface area contributed by atoms with Gasteiger partial charge in [-0.2, -0.15) is 13.2 Å². The van der Waals surface area contributed by atoms with Gasteiger partial charge in [0.1, 0.15) is 12.2 Å². The van der Waals surface area contributed by atoms with E-state index in [-0.39, 0.29) is 23.2 Å². The standard InChI is InChI=1S/C45H43F3O4/c1-43(2,3)32-18-30-7-6-28-8-11-35(37-13-10-31(19-32)41(30)42(28)37)29-9-12-36-38-17-27(21-45(46,47)48)5-14-39(38)44(40(36)20-29,26-50-23-34-25-52-34)15-4-16-49-22-33-24-51-33/h5-14,17-20,33-34H,4,15-16,21-26H2,1-3H3. The van der Waals surface area contributed by atoms with Gasteiger partial charge >= 0.3 is 6.18 Å². The highest BCUT2D eigenvalue weighted by atomic mass is 19.4. The molecule has 268 valence electrons. The van der Waals surface area contributed by atoms with Crippen LogP contribution in [0.25, 0.3) is 54.6 Å². The summed E-state index contributed by atoms with van der Waals surface area (Å²) in [4.78, 5) is 0. The van der Waals surface area contributed by atoms with E-state index in [1.54, 1.807) is 12.1 Å². The summed E-state index contributed by atoms with van der Waals surface area (Å²) in [7, 11) is 0. The summed E-state index contributed by atoms with van der Waals surface area (Å²) in [5, 5.41) is 7.39. The second kappa shape index (κ2) is 12.6. The molecule has 7 heteroatoms. The Kier molecular flexibility index (Phi) is 8.16. The van der Waals surface area contributed by atoms with Crippen LogP contribution in [0.15, 0.2) is 84.9 Å². The summed E-state index contributed by atoms with van der Waals surface area (Å²) >= 11 is 0. The molecule has 0 amide bonds. The SMILES string of the molecule is CC(C)(C)c1cc2ccc3ccc(-c4ccc5c(c4)C(CCCOCC4CO4)(COCC4CO4)c4ccc(CC(F)(F)F)cc4-5)c4ccc(c1)c2c34. The lowest BCUT2D eigenvalue weighted by atomic mass is 9.74. The number of rotatable bonds is 12. The summed E-state index contributed by atoms with van der Waals surface area (Å²) in [5.41, 5.74) is 7.17. The van der Waals surface area contributed by atoms with Crippen LogP contribution in [0.4, 0.5) is 13.2 Å². The van der Waals surface area contributed by atoms with Gasteiger partial charge in [0.2, 0.25) is 0 Å². The molecular formula is C45H43F3O4. The molecule has 0 bridgehead atoms. The van der Waals surface area contributed by atoms with Crippen molar-refractivity contribution in [3.05, 3.63) is 107 Å². The van der Waals surface area contributed by atoms with Crippen LogP contribution in [0.1, 0.15) is 55.9 Å². The van der Waals surface area contributed by atoms with E-state index >= 15 is 0 Å². The monoisotopic (exact) mass is 704 g/mol. The molecule has 0 aromatic heterocycles. The summed E-state index contributed by atoms with van der Waals surface area (Å²) in [6, 6.07) is 29.9. The fourth-order valence-corrected chi connectivity index (χ4v) is 8.45. The van der Waals surface area contributed by atoms with Gasteiger partial charge in [-0.1, -0.05) is 99.6 Å². The molecule has 2 fully saturated rings. The minimum Gasteiger partial charge on any atom is -0.379 e. The first kappa shape index (κ1) is 33.8. The summed E-state index contributed by atoms with van der Waals surface area (Å²) in [6.07, 6.45) is -3.50. The molecule has 6 aromatic carbocycles. The molecule has 1 aliphatic carbocycles. The van der Waals surface area contributed by atoms with E-state index in [9.17, 15) is 13.2 Å². The summed E-state index contributed by atoms with van der Waals surface area (Å²) < 4.78 is 64.1. The maximum atomic E-state index is 13.6. The first-order valence-corrected chi connectivity index (χ1v) is 18.4. The van der Waals surface area contributed by atoms with Gasteiger partial charge in [0.05, 0.1) is 39.5 Å². The van der Waals surface area contributed by atoms with Crippen molar-refractivity contribution in [3.8, 4) is 22.3 Å². The van der Waals surface area contributed by atoms with Crippen LogP contribution < -0.4 is 0 Å². The van der Waals surface area contributed by atoms with Crippen molar-refractivity contribution >= 4 is 32.3 Å². The van der Waals surface area contributed by atoms with E-state index in [2.05, 4.69) is 87.5 Å². The molecule has 2 aliphatic heterocycles. The number of epoxide rings is 2. The Bertz CT molecular complexity index is 2280. The Morgan fingerprint density at radius 1 is 0.692 bits per heavy atom. The lowest BCUT2D eigenvalue weighted by molar-refractivity contribution is -0.127. The first-order valence-electron chi connectivity index (χ1n) is 18.4. The molecule has 4 nitrogen and oxygen atoms in total. The van der Waals surface area contributed by atoms with Crippen molar-refractivity contribution in [2.45, 2.75) is 69.2 Å². The Balaban J connectivity index is 1.18. The van der Waals surface area contributed by atoms with E-state index in [0.717, 1.165) is 52.8 Å². The zero-order valence-electron chi connectivity index (χ0n) is 29.9. The van der Waals surface area contributed by atoms with Gasteiger partial charge in [-0.05, 0) is 101 Å². The molecule has 0 spiro atoms. The molecular weight excluding hydrogens is 661 g/mol. The highest BCUT2D eigenvalue weighted by Gasteiger charge is 2.44. The molecule has 3 aliphatic rings. The van der Waals surface area contributed by atoms with Crippen LogP contribution in [0.2, 0.25) is 0 Å². The predicted octanol–water partition coefficient (Wildman–Crippen LogP) is 10.5. The van der Waals surface area contributed by atoms with Crippen molar-refractivity contribution in [1.29, 1.82) is 0 Å². The van der Waals surface area contributed by atoms with Gasteiger partial charge in [-0.25, -0.2) is 0 Å². The van der Waals surface area contributed by atoms with E-state index in [0.29, 0.717) is 33.0 Å². The van der Waals surface area contributed by atoms with Crippen LogP contribution in [0.5, 0.6) is 0 Å². The lowest BCUT2D eigenvalue weighted by Crippen LogP contribution is -2.32. The molecule has 0 radical (unpaired) electrons. The van der Waals surface area contributed by atoms with E-state index in [1.165, 1.54) is 37.9 Å². The normalized spacial score (nSPS) is 21.0. The van der Waals surface area contributed by atoms with Gasteiger partial charge in [0, 0.05) is 12.0 Å². The van der Waals surface area contributed by atoms with Crippen molar-refractivity contribution in [2.24, 2.45) is 0 Å². The molecule has 52 heavy (non-hydrogen) atoms. The molecule has 3 unspecified atom stereocenters. The molecule has 6 aromatic rings. The second-order valence-electron chi connectivity index (χ2n) is 16.1. The van der Waals surface area contributed by atoms with Gasteiger partial charge in [0.25, 0.3) is 0 Å². The number of alkyl halides is 3. The summed E-state index contributed by atoms with van der Waals surface area (Å²) in [5.74, 6) is 0. The number of hydrogen-bond donors (Lipinski definition) is 0. The molecule has 0 saturated carbocycles. The molecule has 2 saturated heterocycles. The maximum Gasteiger partial charge on any atom is 0.393 e. The molecule has 0 N–H and O–H groups in total. The smallest absolute Gasteiger partial charge is 0.379 e. The van der Waals surface area contributed by atoms with Crippen LogP contribution in [-0.4, -0.2) is 58.0 Å². The average molecular weight is 705 g/mol. The molecule has 9 rings (SSSR count). The molecule has 3 atom stereocenters. The van der Waals surface area contributed by atoms with Gasteiger partial charge < -0.3 is 18.9 Å². The third-order valence-corrected chi connectivity index (χ3v) is 11.3. The van der Waals surface area contributed by atoms with Crippen LogP contribution in [0, 0.1) is 0 Å². The maximum absolute atomic E-state index is 13.6. The highest BCUT2D eigenvalue weighted by molar-refractivity contribution is 6.25. The summed E-state index contributed by atoms with van der Waals surface area (Å²) in [6.45, 7) is 10.2. The van der Waals surface area contributed by atoms with Crippen LogP contribution in [-0.2, 0) is 36.2 Å². The number of fused-ring (bicyclic) bond motifs is 3. The topological polar surface area (TPSA) is 43.5 Å². The average Bonchev–Trinajstić information content (AvgIpc) is 4.05. The third-order valence-electron chi connectivity index (χ3n) is 11.3. The Morgan fingerprint density at radius 2 is 1.37 bits per heavy atom. The zero-order valence-corrected chi connectivity index (χ0v) is 29.9. The van der Waals surface area contributed by atoms with Crippen molar-refractivity contribution in [1.82, 2.24) is 0 Å². The van der Waals surface area contributed by atoms with Crippen molar-refractivity contribution in [3.63, 3.8) is 0 Å². The largest absolute Gasteiger partial charge is 0.393 e. The number of hydrogen-bond acceptors (Lipinski definition) is 4. The predicted molar refractivity (Wildman–Crippen MR) is 201 cm³/mol.